The lowest BCUT2D eigenvalue weighted by molar-refractivity contribution is 0.287. The van der Waals surface area contributed by atoms with Crippen LogP contribution in [0, 0.1) is 5.92 Å². The summed E-state index contributed by atoms with van der Waals surface area (Å²) in [5.74, 6) is 0.685. The molecule has 0 amide bonds. The predicted octanol–water partition coefficient (Wildman–Crippen LogP) is 2.34. The van der Waals surface area contributed by atoms with E-state index in [0.717, 1.165) is 19.6 Å². The number of rotatable bonds is 5. The lowest BCUT2D eigenvalue weighted by atomic mass is 10.1. The van der Waals surface area contributed by atoms with Crippen molar-refractivity contribution >= 4 is 0 Å². The van der Waals surface area contributed by atoms with E-state index in [4.69, 9.17) is 5.73 Å². The van der Waals surface area contributed by atoms with Gasteiger partial charge in [0.25, 0.3) is 0 Å². The smallest absolute Gasteiger partial charge is 0.00184 e. The van der Waals surface area contributed by atoms with Gasteiger partial charge in [-0.25, -0.2) is 0 Å². The van der Waals surface area contributed by atoms with Gasteiger partial charge in [0.2, 0.25) is 0 Å². The van der Waals surface area contributed by atoms with E-state index in [-0.39, 0.29) is 0 Å². The van der Waals surface area contributed by atoms with Crippen molar-refractivity contribution in [3.8, 4) is 0 Å². The fourth-order valence-electron chi connectivity index (χ4n) is 0.940. The van der Waals surface area contributed by atoms with Gasteiger partial charge in [0.1, 0.15) is 0 Å². The number of hydrogen-bond donors (Lipinski definition) is 1. The van der Waals surface area contributed by atoms with Crippen molar-refractivity contribution < 1.29 is 0 Å². The van der Waals surface area contributed by atoms with Gasteiger partial charge in [0.05, 0.1) is 0 Å². The molecule has 2 nitrogen and oxygen atoms in total. The van der Waals surface area contributed by atoms with Gasteiger partial charge >= 0.3 is 0 Å². The summed E-state index contributed by atoms with van der Waals surface area (Å²) in [6.07, 6.45) is 2.45. The molecule has 82 valence electrons. The van der Waals surface area contributed by atoms with Gasteiger partial charge in [0.15, 0.2) is 0 Å². The standard InChI is InChI=1S/C8H20N2.C3H8/c1-4-8(6-9)7-10(3)5-2;1-3-2/h8H,4-7,9H2,1-3H3;3H2,1-2H3. The lowest BCUT2D eigenvalue weighted by Gasteiger charge is -2.19. The van der Waals surface area contributed by atoms with E-state index < -0.39 is 0 Å². The Bertz CT molecular complexity index is 80.2. The van der Waals surface area contributed by atoms with Crippen LogP contribution < -0.4 is 5.73 Å². The highest BCUT2D eigenvalue weighted by atomic mass is 15.1. The van der Waals surface area contributed by atoms with Crippen LogP contribution in [0.3, 0.4) is 0 Å². The first-order chi connectivity index (χ1) is 6.15. The SMILES string of the molecule is CCC.CCC(CN)CN(C)CC. The van der Waals surface area contributed by atoms with E-state index in [2.05, 4.69) is 39.6 Å². The Hall–Kier alpha value is -0.0800. The van der Waals surface area contributed by atoms with Crippen LogP contribution in [0.2, 0.25) is 0 Å². The van der Waals surface area contributed by atoms with E-state index in [1.54, 1.807) is 0 Å². The fourth-order valence-corrected chi connectivity index (χ4v) is 0.940. The maximum atomic E-state index is 5.56. The van der Waals surface area contributed by atoms with Gasteiger partial charge in [-0.1, -0.05) is 40.5 Å². The summed E-state index contributed by atoms with van der Waals surface area (Å²) in [6, 6.07) is 0. The van der Waals surface area contributed by atoms with E-state index in [0.29, 0.717) is 5.92 Å². The molecule has 0 heterocycles. The van der Waals surface area contributed by atoms with Gasteiger partial charge in [0, 0.05) is 6.54 Å². The molecule has 0 aliphatic carbocycles. The fraction of sp³-hybridized carbons (Fsp3) is 1.00. The van der Waals surface area contributed by atoms with E-state index in [1.165, 1.54) is 12.8 Å². The van der Waals surface area contributed by atoms with E-state index >= 15 is 0 Å². The van der Waals surface area contributed by atoms with Crippen molar-refractivity contribution in [2.75, 3.05) is 26.7 Å². The Kier molecular flexibility index (Phi) is 14.1. The van der Waals surface area contributed by atoms with Crippen LogP contribution in [-0.4, -0.2) is 31.6 Å². The van der Waals surface area contributed by atoms with E-state index in [1.807, 2.05) is 0 Å². The van der Waals surface area contributed by atoms with Crippen LogP contribution in [0.25, 0.3) is 0 Å². The minimum Gasteiger partial charge on any atom is -0.330 e. The minimum absolute atomic E-state index is 0.685. The molecule has 2 N–H and O–H groups in total. The highest BCUT2D eigenvalue weighted by molar-refractivity contribution is 4.61. The molecular weight excluding hydrogens is 160 g/mol. The third kappa shape index (κ3) is 11.9. The average molecular weight is 188 g/mol. The predicted molar refractivity (Wildman–Crippen MR) is 62.0 cm³/mol. The summed E-state index contributed by atoms with van der Waals surface area (Å²) in [5.41, 5.74) is 5.56. The first-order valence-corrected chi connectivity index (χ1v) is 5.54. The maximum absolute atomic E-state index is 5.56. The average Bonchev–Trinajstić information content (AvgIpc) is 2.15. The van der Waals surface area contributed by atoms with Crippen LogP contribution in [0.15, 0.2) is 0 Å². The molecule has 0 saturated carbocycles. The Morgan fingerprint density at radius 2 is 1.62 bits per heavy atom. The normalized spacial score (nSPS) is 12.2. The van der Waals surface area contributed by atoms with Gasteiger partial charge in [-0.05, 0) is 26.1 Å². The summed E-state index contributed by atoms with van der Waals surface area (Å²) < 4.78 is 0. The monoisotopic (exact) mass is 188 g/mol. The first-order valence-electron chi connectivity index (χ1n) is 5.54. The van der Waals surface area contributed by atoms with Crippen molar-refractivity contribution in [2.45, 2.75) is 40.5 Å². The molecule has 13 heavy (non-hydrogen) atoms. The molecule has 0 aliphatic rings. The second kappa shape index (κ2) is 11.9. The summed E-state index contributed by atoms with van der Waals surface area (Å²) in [7, 11) is 2.14. The molecular formula is C11H28N2. The Balaban J connectivity index is 0. The Labute approximate surface area is 84.5 Å². The zero-order valence-corrected chi connectivity index (χ0v) is 10.1. The Morgan fingerprint density at radius 1 is 1.15 bits per heavy atom. The van der Waals surface area contributed by atoms with Crippen LogP contribution in [0.5, 0.6) is 0 Å². The molecule has 1 unspecified atom stereocenters. The van der Waals surface area contributed by atoms with Gasteiger partial charge in [-0.3, -0.25) is 0 Å². The van der Waals surface area contributed by atoms with Crippen molar-refractivity contribution in [3.63, 3.8) is 0 Å². The summed E-state index contributed by atoms with van der Waals surface area (Å²) in [4.78, 5) is 2.31. The summed E-state index contributed by atoms with van der Waals surface area (Å²) in [6.45, 7) is 11.7. The van der Waals surface area contributed by atoms with Crippen LogP contribution in [0.1, 0.15) is 40.5 Å². The molecule has 0 radical (unpaired) electrons. The number of nitrogens with two attached hydrogens (primary N) is 1. The molecule has 0 aromatic heterocycles. The molecule has 0 aliphatic heterocycles. The molecule has 2 heteroatoms. The zero-order chi connectivity index (χ0) is 10.7. The molecule has 0 fully saturated rings. The largest absolute Gasteiger partial charge is 0.330 e. The van der Waals surface area contributed by atoms with Crippen LogP contribution in [-0.2, 0) is 0 Å². The summed E-state index contributed by atoms with van der Waals surface area (Å²) >= 11 is 0. The second-order valence-corrected chi connectivity index (χ2v) is 3.57. The third-order valence-electron chi connectivity index (χ3n) is 2.02. The summed E-state index contributed by atoms with van der Waals surface area (Å²) in [5, 5.41) is 0. The molecule has 0 spiro atoms. The topological polar surface area (TPSA) is 29.3 Å². The van der Waals surface area contributed by atoms with Crippen molar-refractivity contribution in [3.05, 3.63) is 0 Å². The van der Waals surface area contributed by atoms with E-state index in [9.17, 15) is 0 Å². The molecule has 0 aromatic carbocycles. The van der Waals surface area contributed by atoms with Crippen LogP contribution >= 0.6 is 0 Å². The third-order valence-corrected chi connectivity index (χ3v) is 2.02. The van der Waals surface area contributed by atoms with Crippen molar-refractivity contribution in [1.82, 2.24) is 4.90 Å². The lowest BCUT2D eigenvalue weighted by Crippen LogP contribution is -2.29. The maximum Gasteiger partial charge on any atom is 0.00184 e. The number of nitrogens with zero attached hydrogens (tertiary/aromatic N) is 1. The first kappa shape index (κ1) is 15.4. The highest BCUT2D eigenvalue weighted by Gasteiger charge is 2.04. The minimum atomic E-state index is 0.685. The molecule has 1 atom stereocenters. The Morgan fingerprint density at radius 3 is 1.85 bits per heavy atom. The number of hydrogen-bond acceptors (Lipinski definition) is 2. The van der Waals surface area contributed by atoms with Gasteiger partial charge in [-0.2, -0.15) is 0 Å². The molecule has 0 saturated heterocycles. The molecule has 0 bridgehead atoms. The highest BCUT2D eigenvalue weighted by Crippen LogP contribution is 2.01. The molecule has 0 aromatic rings. The second-order valence-electron chi connectivity index (χ2n) is 3.57. The van der Waals surface area contributed by atoms with Gasteiger partial charge in [-0.15, -0.1) is 0 Å². The van der Waals surface area contributed by atoms with Crippen molar-refractivity contribution in [1.29, 1.82) is 0 Å². The molecule has 0 rings (SSSR count). The van der Waals surface area contributed by atoms with Gasteiger partial charge < -0.3 is 10.6 Å². The zero-order valence-electron chi connectivity index (χ0n) is 10.1. The van der Waals surface area contributed by atoms with Crippen LogP contribution in [0.4, 0.5) is 0 Å². The van der Waals surface area contributed by atoms with Crippen molar-refractivity contribution in [2.24, 2.45) is 11.7 Å². The quantitative estimate of drug-likeness (QED) is 0.717.